The Morgan fingerprint density at radius 1 is 1.25 bits per heavy atom. The number of rotatable bonds is 8. The van der Waals surface area contributed by atoms with E-state index in [9.17, 15) is 5.11 Å². The van der Waals surface area contributed by atoms with Crippen molar-refractivity contribution in [2.75, 3.05) is 19.7 Å². The van der Waals surface area contributed by atoms with Crippen molar-refractivity contribution >= 4 is 11.6 Å². The smallest absolute Gasteiger partial charge is 0.0613 e. The van der Waals surface area contributed by atoms with Crippen LogP contribution in [-0.4, -0.2) is 45.0 Å². The lowest BCUT2D eigenvalue weighted by Crippen LogP contribution is -2.45. The van der Waals surface area contributed by atoms with E-state index < -0.39 is 0 Å². The summed E-state index contributed by atoms with van der Waals surface area (Å²) in [7, 11) is 0. The molecule has 3 rings (SSSR count). The fraction of sp³-hybridized carbons (Fsp3) is 0.591. The van der Waals surface area contributed by atoms with Crippen LogP contribution in [0.15, 0.2) is 30.5 Å². The maximum atomic E-state index is 10.1. The van der Waals surface area contributed by atoms with Crippen LogP contribution in [0.5, 0.6) is 0 Å². The molecular formula is C22H33ClN4O. The van der Waals surface area contributed by atoms with Gasteiger partial charge in [-0.2, -0.15) is 5.10 Å². The highest BCUT2D eigenvalue weighted by molar-refractivity contribution is 6.30. The predicted octanol–water partition coefficient (Wildman–Crippen LogP) is 3.79. The lowest BCUT2D eigenvalue weighted by Gasteiger charge is -2.37. The molecule has 6 heteroatoms. The molecule has 154 valence electrons. The van der Waals surface area contributed by atoms with Crippen molar-refractivity contribution in [2.24, 2.45) is 5.92 Å². The highest BCUT2D eigenvalue weighted by Gasteiger charge is 2.47. The van der Waals surface area contributed by atoms with E-state index in [2.05, 4.69) is 55.1 Å². The van der Waals surface area contributed by atoms with E-state index in [0.29, 0.717) is 5.92 Å². The number of aliphatic hydroxyl groups is 1. The fourth-order valence-electron chi connectivity index (χ4n) is 4.78. The van der Waals surface area contributed by atoms with Crippen LogP contribution in [0.2, 0.25) is 5.02 Å². The SMILES string of the molecule is CCN1[C@@H](c2ccc(Cl)cc2)[C@@H](CNCc2cnn(CC)c2C)C[C@@]1(C)CO. The van der Waals surface area contributed by atoms with Gasteiger partial charge in [0.2, 0.25) is 0 Å². The van der Waals surface area contributed by atoms with Gasteiger partial charge in [0.25, 0.3) is 0 Å². The van der Waals surface area contributed by atoms with E-state index >= 15 is 0 Å². The number of hydrogen-bond donors (Lipinski definition) is 2. The zero-order valence-corrected chi connectivity index (χ0v) is 18.2. The topological polar surface area (TPSA) is 53.3 Å². The van der Waals surface area contributed by atoms with Crippen LogP contribution < -0.4 is 5.32 Å². The molecule has 5 nitrogen and oxygen atoms in total. The molecule has 3 atom stereocenters. The minimum absolute atomic E-state index is 0.170. The van der Waals surface area contributed by atoms with Crippen molar-refractivity contribution < 1.29 is 5.11 Å². The largest absolute Gasteiger partial charge is 0.394 e. The quantitative estimate of drug-likeness (QED) is 0.702. The summed E-state index contributed by atoms with van der Waals surface area (Å²) < 4.78 is 2.03. The molecule has 1 aliphatic rings. The van der Waals surface area contributed by atoms with Gasteiger partial charge in [0, 0.05) is 47.5 Å². The highest BCUT2D eigenvalue weighted by Crippen LogP contribution is 2.46. The van der Waals surface area contributed by atoms with Crippen LogP contribution in [0, 0.1) is 12.8 Å². The van der Waals surface area contributed by atoms with Crippen LogP contribution in [0.1, 0.15) is 50.1 Å². The van der Waals surface area contributed by atoms with Gasteiger partial charge in [0.1, 0.15) is 0 Å². The van der Waals surface area contributed by atoms with Gasteiger partial charge in [-0.15, -0.1) is 0 Å². The van der Waals surface area contributed by atoms with Crippen LogP contribution in [0.25, 0.3) is 0 Å². The Hall–Kier alpha value is -1.40. The number of hydrogen-bond acceptors (Lipinski definition) is 4. The van der Waals surface area contributed by atoms with E-state index in [1.807, 2.05) is 23.0 Å². The number of aliphatic hydroxyl groups excluding tert-OH is 1. The summed E-state index contributed by atoms with van der Waals surface area (Å²) in [6, 6.07) is 8.45. The first-order valence-corrected chi connectivity index (χ1v) is 10.7. The van der Waals surface area contributed by atoms with Gasteiger partial charge in [-0.05, 0) is 57.4 Å². The van der Waals surface area contributed by atoms with Crippen molar-refractivity contribution in [3.8, 4) is 0 Å². The van der Waals surface area contributed by atoms with Gasteiger partial charge in [0.05, 0.1) is 12.8 Å². The second-order valence-corrected chi connectivity index (χ2v) is 8.54. The lowest BCUT2D eigenvalue weighted by atomic mass is 9.90. The number of likely N-dealkylation sites (tertiary alicyclic amines) is 1. The molecule has 1 aromatic heterocycles. The van der Waals surface area contributed by atoms with Crippen LogP contribution in [0.3, 0.4) is 0 Å². The maximum Gasteiger partial charge on any atom is 0.0613 e. The third-order valence-corrected chi connectivity index (χ3v) is 6.55. The molecule has 2 N–H and O–H groups in total. The molecule has 0 bridgehead atoms. The molecule has 0 unspecified atom stereocenters. The molecule has 0 radical (unpaired) electrons. The average Bonchev–Trinajstić information content (AvgIpc) is 3.19. The second-order valence-electron chi connectivity index (χ2n) is 8.10. The molecule has 1 saturated heterocycles. The monoisotopic (exact) mass is 404 g/mol. The van der Waals surface area contributed by atoms with Gasteiger partial charge in [-0.1, -0.05) is 30.7 Å². The Balaban J connectivity index is 1.76. The molecule has 28 heavy (non-hydrogen) atoms. The van der Waals surface area contributed by atoms with E-state index in [1.54, 1.807) is 0 Å². The molecule has 0 aliphatic carbocycles. The summed E-state index contributed by atoms with van der Waals surface area (Å²) in [4.78, 5) is 2.45. The predicted molar refractivity (Wildman–Crippen MR) is 115 cm³/mol. The van der Waals surface area contributed by atoms with Crippen molar-refractivity contribution in [3.63, 3.8) is 0 Å². The molecule has 0 spiro atoms. The molecule has 1 fully saturated rings. The van der Waals surface area contributed by atoms with Crippen molar-refractivity contribution in [1.82, 2.24) is 20.0 Å². The van der Waals surface area contributed by atoms with Crippen molar-refractivity contribution in [3.05, 3.63) is 52.3 Å². The molecule has 2 heterocycles. The molecule has 2 aromatic rings. The summed E-state index contributed by atoms with van der Waals surface area (Å²) in [6.07, 6.45) is 2.93. The van der Waals surface area contributed by atoms with Crippen LogP contribution >= 0.6 is 11.6 Å². The molecule has 0 saturated carbocycles. The summed E-state index contributed by atoms with van der Waals surface area (Å²) in [6.45, 7) is 12.3. The number of nitrogens with one attached hydrogen (secondary N) is 1. The fourth-order valence-corrected chi connectivity index (χ4v) is 4.91. The normalized spacial score (nSPS) is 25.5. The van der Waals surface area contributed by atoms with E-state index in [4.69, 9.17) is 11.6 Å². The Labute approximate surface area is 173 Å². The molecule has 1 aliphatic heterocycles. The molecule has 1 aromatic carbocycles. The number of benzene rings is 1. The minimum atomic E-state index is -0.200. The number of halogens is 1. The molecule has 0 amide bonds. The first kappa shape index (κ1) is 21.3. The van der Waals surface area contributed by atoms with Gasteiger partial charge >= 0.3 is 0 Å². The Kier molecular flexibility index (Phi) is 6.81. The van der Waals surface area contributed by atoms with Gasteiger partial charge < -0.3 is 10.4 Å². The van der Waals surface area contributed by atoms with E-state index in [-0.39, 0.29) is 18.2 Å². The van der Waals surface area contributed by atoms with Gasteiger partial charge in [-0.25, -0.2) is 0 Å². The number of aromatic nitrogens is 2. The van der Waals surface area contributed by atoms with Crippen LogP contribution in [0.4, 0.5) is 0 Å². The average molecular weight is 405 g/mol. The number of aryl methyl sites for hydroxylation is 1. The first-order chi connectivity index (χ1) is 13.4. The Morgan fingerprint density at radius 3 is 2.54 bits per heavy atom. The summed E-state index contributed by atoms with van der Waals surface area (Å²) >= 11 is 6.11. The van der Waals surface area contributed by atoms with Gasteiger partial charge in [-0.3, -0.25) is 9.58 Å². The van der Waals surface area contributed by atoms with E-state index in [0.717, 1.165) is 37.6 Å². The van der Waals surface area contributed by atoms with Crippen molar-refractivity contribution in [2.45, 2.75) is 58.8 Å². The number of nitrogens with zero attached hydrogens (tertiary/aromatic N) is 3. The summed E-state index contributed by atoms with van der Waals surface area (Å²) in [5.41, 5.74) is 3.55. The van der Waals surface area contributed by atoms with Gasteiger partial charge in [0.15, 0.2) is 0 Å². The van der Waals surface area contributed by atoms with E-state index in [1.165, 1.54) is 16.8 Å². The second kappa shape index (κ2) is 8.95. The highest BCUT2D eigenvalue weighted by atomic mass is 35.5. The number of likely N-dealkylation sites (N-methyl/N-ethyl adjacent to an activating group) is 1. The van der Waals surface area contributed by atoms with Crippen LogP contribution in [-0.2, 0) is 13.1 Å². The zero-order chi connectivity index (χ0) is 20.3. The maximum absolute atomic E-state index is 10.1. The lowest BCUT2D eigenvalue weighted by molar-refractivity contribution is 0.0579. The Bertz CT molecular complexity index is 775. The third-order valence-electron chi connectivity index (χ3n) is 6.30. The zero-order valence-electron chi connectivity index (χ0n) is 17.5. The van der Waals surface area contributed by atoms with Crippen molar-refractivity contribution in [1.29, 1.82) is 0 Å². The minimum Gasteiger partial charge on any atom is -0.394 e. The Morgan fingerprint density at radius 2 is 1.96 bits per heavy atom. The third kappa shape index (κ3) is 4.13. The summed E-state index contributed by atoms with van der Waals surface area (Å²) in [5, 5.41) is 19.0. The molecular weight excluding hydrogens is 372 g/mol. The first-order valence-electron chi connectivity index (χ1n) is 10.3. The summed E-state index contributed by atoms with van der Waals surface area (Å²) in [5.74, 6) is 0.416. The standard InChI is InChI=1S/C22H33ClN4O/c1-5-26-21(17-7-9-20(23)10-8-17)18(11-22(26,4)15-28)12-24-13-19-14-25-27(6-2)16(19)3/h7-10,14,18,21,24,28H,5-6,11-13,15H2,1-4H3/t18-,21+,22+/m1/s1.